The van der Waals surface area contributed by atoms with Gasteiger partial charge in [0.05, 0.1) is 11.0 Å². The molecule has 1 saturated heterocycles. The first kappa shape index (κ1) is 9.80. The Labute approximate surface area is 92.6 Å². The molecule has 1 atom stereocenters. The Balaban J connectivity index is 1.75. The quantitative estimate of drug-likeness (QED) is 0.815. The van der Waals surface area contributed by atoms with Crippen molar-refractivity contribution in [2.24, 2.45) is 0 Å². The van der Waals surface area contributed by atoms with Crippen LogP contribution in [0, 0.1) is 0 Å². The van der Waals surface area contributed by atoms with E-state index >= 15 is 0 Å². The summed E-state index contributed by atoms with van der Waals surface area (Å²) in [7, 11) is -3.20. The van der Waals surface area contributed by atoms with Gasteiger partial charge >= 0.3 is 0 Å². The summed E-state index contributed by atoms with van der Waals surface area (Å²) in [6.45, 7) is 0. The van der Waals surface area contributed by atoms with Gasteiger partial charge in [-0.2, -0.15) is 8.42 Å². The highest BCUT2D eigenvalue weighted by Gasteiger charge is 2.45. The minimum absolute atomic E-state index is 0.460. The van der Waals surface area contributed by atoms with Crippen LogP contribution in [0.5, 0.6) is 0 Å². The second-order valence-electron chi connectivity index (χ2n) is 3.76. The summed E-state index contributed by atoms with van der Waals surface area (Å²) in [5.41, 5.74) is 1.25. The first-order chi connectivity index (χ1) is 7.65. The van der Waals surface area contributed by atoms with Crippen molar-refractivity contribution in [1.29, 1.82) is 0 Å². The van der Waals surface area contributed by atoms with Crippen LogP contribution in [-0.4, -0.2) is 23.8 Å². The van der Waals surface area contributed by atoms with Crippen molar-refractivity contribution in [2.75, 3.05) is 0 Å². The zero-order valence-electron chi connectivity index (χ0n) is 8.38. The molecule has 5 nitrogen and oxygen atoms in total. The van der Waals surface area contributed by atoms with Crippen molar-refractivity contribution < 1.29 is 12.6 Å². The van der Waals surface area contributed by atoms with Gasteiger partial charge in [-0.05, 0) is 18.6 Å². The molecule has 0 saturated carbocycles. The standard InChI is InChI=1S/C10H10N2O3S/c13-16(14)10(15-16)6-5-9-11-7-3-1-2-4-8(7)12-9/h1-4,10H,5-6H2,(H,11,12). The molecule has 16 heavy (non-hydrogen) atoms. The zero-order chi connectivity index (χ0) is 11.2. The summed E-state index contributed by atoms with van der Waals surface area (Å²) in [6, 6.07) is 7.70. The molecule has 1 aliphatic heterocycles. The van der Waals surface area contributed by atoms with Gasteiger partial charge in [-0.25, -0.2) is 9.17 Å². The van der Waals surface area contributed by atoms with Gasteiger partial charge in [0.2, 0.25) is 5.44 Å². The highest BCUT2D eigenvalue weighted by Crippen LogP contribution is 2.28. The number of nitrogens with zero attached hydrogens (tertiary/aromatic N) is 1. The largest absolute Gasteiger partial charge is 0.342 e. The van der Waals surface area contributed by atoms with E-state index in [0.29, 0.717) is 12.8 Å². The van der Waals surface area contributed by atoms with E-state index in [2.05, 4.69) is 14.2 Å². The minimum Gasteiger partial charge on any atom is -0.342 e. The Morgan fingerprint density at radius 3 is 2.81 bits per heavy atom. The van der Waals surface area contributed by atoms with Crippen LogP contribution in [0.15, 0.2) is 24.3 Å². The molecular formula is C10H10N2O3S. The Morgan fingerprint density at radius 2 is 2.12 bits per heavy atom. The lowest BCUT2D eigenvalue weighted by molar-refractivity contribution is 0.426. The fraction of sp³-hybridized carbons (Fsp3) is 0.300. The third-order valence-electron chi connectivity index (χ3n) is 2.58. The number of aromatic nitrogens is 2. The van der Waals surface area contributed by atoms with Crippen molar-refractivity contribution >= 4 is 21.2 Å². The van der Waals surface area contributed by atoms with Crippen LogP contribution in [-0.2, 0) is 20.7 Å². The third kappa shape index (κ3) is 1.70. The van der Waals surface area contributed by atoms with Gasteiger partial charge in [-0.1, -0.05) is 12.1 Å². The molecule has 0 amide bonds. The van der Waals surface area contributed by atoms with Crippen molar-refractivity contribution in [2.45, 2.75) is 18.3 Å². The van der Waals surface area contributed by atoms with Crippen LogP contribution in [0.3, 0.4) is 0 Å². The van der Waals surface area contributed by atoms with E-state index in [1.165, 1.54) is 0 Å². The summed E-state index contributed by atoms with van der Waals surface area (Å²) in [5.74, 6) is 0.798. The maximum absolute atomic E-state index is 10.8. The number of imidazole rings is 1. The second-order valence-corrected chi connectivity index (χ2v) is 5.46. The van der Waals surface area contributed by atoms with Crippen LogP contribution in [0.4, 0.5) is 0 Å². The van der Waals surface area contributed by atoms with E-state index in [-0.39, 0.29) is 0 Å². The van der Waals surface area contributed by atoms with Crippen LogP contribution in [0.25, 0.3) is 11.0 Å². The normalized spacial score (nSPS) is 22.4. The molecule has 1 aromatic carbocycles. The molecule has 0 spiro atoms. The molecule has 1 aromatic heterocycles. The number of benzene rings is 1. The Hall–Kier alpha value is -1.40. The summed E-state index contributed by atoms with van der Waals surface area (Å²) in [5, 5.41) is 0. The van der Waals surface area contributed by atoms with E-state index < -0.39 is 15.6 Å². The highest BCUT2D eigenvalue weighted by molar-refractivity contribution is 7.92. The van der Waals surface area contributed by atoms with E-state index in [9.17, 15) is 8.42 Å². The molecule has 1 N–H and O–H groups in total. The average Bonchev–Trinajstić information content (AvgIpc) is 2.72. The van der Waals surface area contributed by atoms with Crippen LogP contribution < -0.4 is 0 Å². The van der Waals surface area contributed by atoms with Gasteiger partial charge in [0.1, 0.15) is 5.82 Å². The van der Waals surface area contributed by atoms with E-state index in [1.54, 1.807) is 0 Å². The number of aryl methyl sites for hydroxylation is 1. The summed E-state index contributed by atoms with van der Waals surface area (Å²) < 4.78 is 26.2. The first-order valence-electron chi connectivity index (χ1n) is 5.01. The third-order valence-corrected chi connectivity index (χ3v) is 3.87. The average molecular weight is 238 g/mol. The lowest BCUT2D eigenvalue weighted by atomic mass is 10.3. The van der Waals surface area contributed by atoms with Crippen molar-refractivity contribution in [3.8, 4) is 0 Å². The van der Waals surface area contributed by atoms with Crippen molar-refractivity contribution in [3.05, 3.63) is 30.1 Å². The molecule has 3 rings (SSSR count). The summed E-state index contributed by atoms with van der Waals surface area (Å²) in [6.07, 6.45) is 1.04. The predicted octanol–water partition coefficient (Wildman–Crippen LogP) is 1.18. The van der Waals surface area contributed by atoms with E-state index in [0.717, 1.165) is 16.9 Å². The molecule has 84 valence electrons. The Morgan fingerprint density at radius 1 is 1.38 bits per heavy atom. The predicted molar refractivity (Wildman–Crippen MR) is 58.2 cm³/mol. The van der Waals surface area contributed by atoms with E-state index in [4.69, 9.17) is 0 Å². The van der Waals surface area contributed by atoms with Gasteiger partial charge in [0, 0.05) is 6.42 Å². The van der Waals surface area contributed by atoms with Gasteiger partial charge in [0.15, 0.2) is 0 Å². The SMILES string of the molecule is O=S1(=O)OC1CCc1nc2ccccc2[nH]1. The minimum atomic E-state index is -3.20. The molecule has 1 unspecified atom stereocenters. The fourth-order valence-corrected chi connectivity index (χ4v) is 2.65. The van der Waals surface area contributed by atoms with Gasteiger partial charge in [-0.15, -0.1) is 0 Å². The molecular weight excluding hydrogens is 228 g/mol. The van der Waals surface area contributed by atoms with E-state index in [1.807, 2.05) is 24.3 Å². The lowest BCUT2D eigenvalue weighted by Crippen LogP contribution is -1.94. The zero-order valence-corrected chi connectivity index (χ0v) is 9.20. The Bertz CT molecular complexity index is 599. The number of nitrogens with one attached hydrogen (secondary N) is 1. The fourth-order valence-electron chi connectivity index (χ4n) is 1.70. The monoisotopic (exact) mass is 238 g/mol. The number of aromatic amines is 1. The maximum atomic E-state index is 10.8. The molecule has 2 heterocycles. The van der Waals surface area contributed by atoms with Crippen molar-refractivity contribution in [3.63, 3.8) is 0 Å². The first-order valence-corrected chi connectivity index (χ1v) is 6.48. The number of rotatable bonds is 3. The number of para-hydroxylation sites is 2. The summed E-state index contributed by atoms with van der Waals surface area (Å²) in [4.78, 5) is 7.50. The number of fused-ring (bicyclic) bond motifs is 1. The van der Waals surface area contributed by atoms with Gasteiger partial charge < -0.3 is 4.98 Å². The molecule has 1 fully saturated rings. The van der Waals surface area contributed by atoms with Crippen molar-refractivity contribution in [1.82, 2.24) is 9.97 Å². The molecule has 0 aliphatic carbocycles. The maximum Gasteiger partial charge on any atom is 0.297 e. The lowest BCUT2D eigenvalue weighted by Gasteiger charge is -1.89. The van der Waals surface area contributed by atoms with Gasteiger partial charge in [-0.3, -0.25) is 0 Å². The molecule has 2 aromatic rings. The highest BCUT2D eigenvalue weighted by atomic mass is 32.2. The molecule has 0 radical (unpaired) electrons. The smallest absolute Gasteiger partial charge is 0.297 e. The van der Waals surface area contributed by atoms with Crippen LogP contribution in [0.2, 0.25) is 0 Å². The number of hydrogen-bond donors (Lipinski definition) is 1. The Kier molecular flexibility index (Phi) is 2.02. The van der Waals surface area contributed by atoms with Gasteiger partial charge in [0.25, 0.3) is 10.1 Å². The van der Waals surface area contributed by atoms with Crippen LogP contribution >= 0.6 is 0 Å². The second kappa shape index (κ2) is 3.29. The molecule has 0 bridgehead atoms. The number of hydrogen-bond acceptors (Lipinski definition) is 4. The summed E-state index contributed by atoms with van der Waals surface area (Å²) >= 11 is 0. The molecule has 6 heteroatoms. The number of H-pyrrole nitrogens is 1. The molecule has 1 aliphatic rings. The topological polar surface area (TPSA) is 75.3 Å². The van der Waals surface area contributed by atoms with Crippen LogP contribution in [0.1, 0.15) is 12.2 Å².